The number of imide groups is 1. The maximum Gasteiger partial charge on any atom is 0.321 e. The number of carbonyl (C=O) groups is 3. The molecular weight excluding hydrogens is 308 g/mol. The second kappa shape index (κ2) is 8.44. The Morgan fingerprint density at radius 1 is 1.21 bits per heavy atom. The number of rotatable bonds is 7. The summed E-state index contributed by atoms with van der Waals surface area (Å²) in [4.78, 5) is 37.9. The van der Waals surface area contributed by atoms with Crippen LogP contribution in [-0.2, 0) is 9.59 Å². The first-order valence-corrected chi connectivity index (χ1v) is 8.14. The van der Waals surface area contributed by atoms with Gasteiger partial charge in [-0.05, 0) is 32.4 Å². The minimum atomic E-state index is -0.723. The topological polar surface area (TPSA) is 90.5 Å². The van der Waals surface area contributed by atoms with Crippen LogP contribution < -0.4 is 16.0 Å². The van der Waals surface area contributed by atoms with Gasteiger partial charge in [0.05, 0.1) is 6.54 Å². The van der Waals surface area contributed by atoms with E-state index < -0.39 is 18.0 Å². The maximum absolute atomic E-state index is 12.5. The summed E-state index contributed by atoms with van der Waals surface area (Å²) in [6, 6.07) is 8.10. The molecule has 2 rings (SSSR count). The molecule has 0 aliphatic heterocycles. The molecule has 0 radical (unpaired) electrons. The van der Waals surface area contributed by atoms with Crippen molar-refractivity contribution in [2.45, 2.75) is 31.8 Å². The second-order valence-electron chi connectivity index (χ2n) is 5.92. The number of nitrogens with one attached hydrogen (secondary N) is 3. The Hall–Kier alpha value is -2.41. The van der Waals surface area contributed by atoms with Crippen LogP contribution in [0.2, 0.25) is 0 Å². The zero-order valence-electron chi connectivity index (χ0n) is 14.0. The number of benzene rings is 1. The lowest BCUT2D eigenvalue weighted by Gasteiger charge is -2.26. The van der Waals surface area contributed by atoms with Crippen LogP contribution in [0.15, 0.2) is 30.3 Å². The minimum absolute atomic E-state index is 0.0822. The van der Waals surface area contributed by atoms with Crippen LogP contribution in [0.1, 0.15) is 31.4 Å². The summed E-state index contributed by atoms with van der Waals surface area (Å²) in [5, 5.41) is 7.75. The molecule has 1 aliphatic rings. The fourth-order valence-electron chi connectivity index (χ4n) is 2.45. The summed E-state index contributed by atoms with van der Waals surface area (Å²) in [6.07, 6.45) is 2.02. The van der Waals surface area contributed by atoms with Crippen LogP contribution in [0.4, 0.5) is 4.79 Å². The van der Waals surface area contributed by atoms with Gasteiger partial charge in [-0.3, -0.25) is 19.8 Å². The molecule has 0 heterocycles. The molecule has 4 amide bonds. The Morgan fingerprint density at radius 2 is 1.88 bits per heavy atom. The van der Waals surface area contributed by atoms with E-state index in [1.54, 1.807) is 31.0 Å². The lowest BCUT2D eigenvalue weighted by molar-refractivity contribution is -0.127. The average molecular weight is 332 g/mol. The van der Waals surface area contributed by atoms with Gasteiger partial charge in [-0.1, -0.05) is 30.3 Å². The Kier molecular flexibility index (Phi) is 6.31. The van der Waals surface area contributed by atoms with Crippen LogP contribution >= 0.6 is 0 Å². The highest BCUT2D eigenvalue weighted by Crippen LogP contribution is 2.21. The van der Waals surface area contributed by atoms with Gasteiger partial charge in [0, 0.05) is 12.6 Å². The molecule has 3 N–H and O–H groups in total. The zero-order valence-corrected chi connectivity index (χ0v) is 14.0. The number of nitrogens with zero attached hydrogens (tertiary/aromatic N) is 1. The van der Waals surface area contributed by atoms with Gasteiger partial charge < -0.3 is 10.6 Å². The maximum atomic E-state index is 12.5. The van der Waals surface area contributed by atoms with Crippen molar-refractivity contribution in [1.82, 2.24) is 20.9 Å². The van der Waals surface area contributed by atoms with Gasteiger partial charge in [0.25, 0.3) is 0 Å². The first-order valence-electron chi connectivity index (χ1n) is 8.14. The van der Waals surface area contributed by atoms with E-state index in [2.05, 4.69) is 16.0 Å². The van der Waals surface area contributed by atoms with E-state index in [9.17, 15) is 14.4 Å². The third-order valence-corrected chi connectivity index (χ3v) is 3.71. The van der Waals surface area contributed by atoms with Gasteiger partial charge >= 0.3 is 6.03 Å². The average Bonchev–Trinajstić information content (AvgIpc) is 3.32. The molecule has 7 nitrogen and oxygen atoms in total. The lowest BCUT2D eigenvalue weighted by atomic mass is 10.0. The van der Waals surface area contributed by atoms with Crippen molar-refractivity contribution in [2.75, 3.05) is 20.1 Å². The first-order chi connectivity index (χ1) is 11.5. The third-order valence-electron chi connectivity index (χ3n) is 3.71. The molecule has 1 fully saturated rings. The Morgan fingerprint density at radius 3 is 2.46 bits per heavy atom. The van der Waals surface area contributed by atoms with E-state index in [1.807, 2.05) is 18.2 Å². The molecule has 0 aromatic heterocycles. The van der Waals surface area contributed by atoms with Crippen LogP contribution in [0, 0.1) is 0 Å². The molecule has 24 heavy (non-hydrogen) atoms. The van der Waals surface area contributed by atoms with Gasteiger partial charge in [-0.25, -0.2) is 4.79 Å². The molecule has 1 atom stereocenters. The summed E-state index contributed by atoms with van der Waals surface area (Å²) in [6.45, 7) is 2.28. The quantitative estimate of drug-likeness (QED) is 0.688. The molecule has 1 saturated carbocycles. The highest BCUT2D eigenvalue weighted by atomic mass is 16.2. The molecule has 1 aromatic rings. The number of amides is 4. The summed E-state index contributed by atoms with van der Waals surface area (Å²) in [7, 11) is 1.70. The largest absolute Gasteiger partial charge is 0.352 e. The van der Waals surface area contributed by atoms with Gasteiger partial charge in [0.1, 0.15) is 6.04 Å². The Bertz CT molecular complexity index is 587. The molecule has 7 heteroatoms. The van der Waals surface area contributed by atoms with E-state index in [0.717, 1.165) is 18.4 Å². The van der Waals surface area contributed by atoms with Crippen LogP contribution in [-0.4, -0.2) is 48.9 Å². The van der Waals surface area contributed by atoms with E-state index in [4.69, 9.17) is 0 Å². The normalized spacial score (nSPS) is 14.8. The van der Waals surface area contributed by atoms with Gasteiger partial charge in [0.2, 0.25) is 11.8 Å². The monoisotopic (exact) mass is 332 g/mol. The van der Waals surface area contributed by atoms with Crippen LogP contribution in [0.25, 0.3) is 0 Å². The third kappa shape index (κ3) is 5.34. The minimum Gasteiger partial charge on any atom is -0.352 e. The summed E-state index contributed by atoms with van der Waals surface area (Å²) < 4.78 is 0. The Labute approximate surface area is 141 Å². The molecular formula is C17H24N4O3. The summed E-state index contributed by atoms with van der Waals surface area (Å²) >= 11 is 0. The smallest absolute Gasteiger partial charge is 0.321 e. The molecule has 0 saturated heterocycles. The van der Waals surface area contributed by atoms with Crippen molar-refractivity contribution in [3.63, 3.8) is 0 Å². The van der Waals surface area contributed by atoms with Crippen LogP contribution in [0.3, 0.4) is 0 Å². The van der Waals surface area contributed by atoms with Crippen molar-refractivity contribution in [3.05, 3.63) is 35.9 Å². The van der Waals surface area contributed by atoms with Gasteiger partial charge in [-0.15, -0.1) is 0 Å². The fourth-order valence-corrected chi connectivity index (χ4v) is 2.45. The standard InChI is InChI=1S/C17H24N4O3/c1-3-18-17(24)20-16(23)15(12-7-5-4-6-8-12)21(2)11-14(22)19-13-9-10-13/h4-8,13,15H,3,9-11H2,1-2H3,(H,19,22)(H2,18,20,23,24)/t15-/m1/s1. The van der Waals surface area contributed by atoms with E-state index in [0.29, 0.717) is 6.54 Å². The summed E-state index contributed by atoms with van der Waals surface area (Å²) in [5.74, 6) is -0.583. The molecule has 1 aliphatic carbocycles. The fraction of sp³-hybridized carbons (Fsp3) is 0.471. The number of urea groups is 1. The Balaban J connectivity index is 2.08. The lowest BCUT2D eigenvalue weighted by Crippen LogP contribution is -2.47. The number of hydrogen-bond donors (Lipinski definition) is 3. The van der Waals surface area contributed by atoms with Crippen molar-refractivity contribution < 1.29 is 14.4 Å². The van der Waals surface area contributed by atoms with Crippen molar-refractivity contribution in [3.8, 4) is 0 Å². The predicted octanol–water partition coefficient (Wildman–Crippen LogP) is 0.784. The molecule has 0 unspecified atom stereocenters. The predicted molar refractivity (Wildman–Crippen MR) is 90.2 cm³/mol. The number of hydrogen-bond acceptors (Lipinski definition) is 4. The number of carbonyl (C=O) groups excluding carboxylic acids is 3. The zero-order chi connectivity index (χ0) is 17.5. The number of likely N-dealkylation sites (N-methyl/N-ethyl adjacent to an activating group) is 1. The van der Waals surface area contributed by atoms with Gasteiger partial charge in [0.15, 0.2) is 0 Å². The van der Waals surface area contributed by atoms with Crippen molar-refractivity contribution >= 4 is 17.8 Å². The molecule has 0 bridgehead atoms. The van der Waals surface area contributed by atoms with E-state index in [1.165, 1.54) is 0 Å². The van der Waals surface area contributed by atoms with E-state index >= 15 is 0 Å². The van der Waals surface area contributed by atoms with Crippen molar-refractivity contribution in [1.29, 1.82) is 0 Å². The first kappa shape index (κ1) is 17.9. The van der Waals surface area contributed by atoms with Gasteiger partial charge in [-0.2, -0.15) is 0 Å². The van der Waals surface area contributed by atoms with Crippen LogP contribution in [0.5, 0.6) is 0 Å². The van der Waals surface area contributed by atoms with Crippen molar-refractivity contribution in [2.24, 2.45) is 0 Å². The molecule has 1 aromatic carbocycles. The SMILES string of the molecule is CCNC(=O)NC(=O)[C@@H](c1ccccc1)N(C)CC(=O)NC1CC1. The molecule has 0 spiro atoms. The summed E-state index contributed by atoms with van der Waals surface area (Å²) in [5.41, 5.74) is 0.723. The highest BCUT2D eigenvalue weighted by Gasteiger charge is 2.29. The molecule has 130 valence electrons. The highest BCUT2D eigenvalue weighted by molar-refractivity contribution is 5.97. The van der Waals surface area contributed by atoms with E-state index in [-0.39, 0.29) is 18.5 Å². The second-order valence-corrected chi connectivity index (χ2v) is 5.92.